The molecule has 1 aliphatic carbocycles. The quantitative estimate of drug-likeness (QED) is 0.0351. The topological polar surface area (TPSA) is 166 Å². The summed E-state index contributed by atoms with van der Waals surface area (Å²) in [6.07, 6.45) is 5.82. The number of hydrogen-bond donors (Lipinski definition) is 3. The second kappa shape index (κ2) is 18.6. The van der Waals surface area contributed by atoms with E-state index >= 15 is 0 Å². The Morgan fingerprint density at radius 2 is 1.54 bits per heavy atom. The third-order valence-electron chi connectivity index (χ3n) is 9.22. The number of anilines is 1. The Balaban J connectivity index is 1.69. The molecule has 0 fully saturated rings. The summed E-state index contributed by atoms with van der Waals surface area (Å²) in [5, 5.41) is 4.28. The number of hydrogen-bond acceptors (Lipinski definition) is 8. The van der Waals surface area contributed by atoms with E-state index in [2.05, 4.69) is 47.2 Å². The number of nitrogens with zero attached hydrogens (tertiary/aromatic N) is 2. The monoisotopic (exact) mass is 755 g/mol. The van der Waals surface area contributed by atoms with Gasteiger partial charge in [0.15, 0.2) is 0 Å². The Kier molecular flexibility index (Phi) is 14.5. The number of carbonyl (C=O) groups is 2. The highest BCUT2D eigenvalue weighted by molar-refractivity contribution is 7.89. The summed E-state index contributed by atoms with van der Waals surface area (Å²) in [4.78, 5) is 23.9. The van der Waals surface area contributed by atoms with Crippen LogP contribution in [0.1, 0.15) is 72.6 Å². The molecule has 14 heteroatoms. The average Bonchev–Trinajstić information content (AvgIpc) is 3.12. The minimum Gasteiger partial charge on any atom is -0.456 e. The average molecular weight is 756 g/mol. The molecule has 4 rings (SSSR count). The van der Waals surface area contributed by atoms with Gasteiger partial charge < -0.3 is 19.4 Å². The summed E-state index contributed by atoms with van der Waals surface area (Å²) < 4.78 is 74.1. The summed E-state index contributed by atoms with van der Waals surface area (Å²) in [6, 6.07) is 15.0. The Hall–Kier alpha value is -4.11. The molecule has 2 aromatic carbocycles. The van der Waals surface area contributed by atoms with E-state index in [1.54, 1.807) is 0 Å². The maximum absolute atomic E-state index is 13.3. The standard InChI is InChI=1S/C38H50N4O8S2/c1-5-41(6-2)28-15-18-31-34(25-28)50-35-26-29(42(7-3)8-4)16-19-32(35)38(31)33-20-17-30(27-36(33)52(47,48)49)51(45,46)40-23-21-37(44)39-22-13-11-9-10-12-14-24-43/h15-20,24-27,40H,5-14,21-23H2,1-4H3,(H-,39,44,47,48,49)/p+1. The third-order valence-corrected chi connectivity index (χ3v) is 11.6. The normalized spacial score (nSPS) is 11.9. The molecule has 0 radical (unpaired) electrons. The van der Waals surface area contributed by atoms with Crippen LogP contribution >= 0.6 is 0 Å². The number of amides is 1. The summed E-state index contributed by atoms with van der Waals surface area (Å²) in [5.74, 6) is 0.176. The highest BCUT2D eigenvalue weighted by Crippen LogP contribution is 2.43. The molecule has 0 unspecified atom stereocenters. The first-order chi connectivity index (χ1) is 24.9. The van der Waals surface area contributed by atoms with Crippen molar-refractivity contribution >= 4 is 49.0 Å². The lowest BCUT2D eigenvalue weighted by atomic mass is 9.93. The molecular weight excluding hydrogens is 705 g/mol. The fourth-order valence-corrected chi connectivity index (χ4v) is 8.26. The predicted octanol–water partition coefficient (Wildman–Crippen LogP) is 5.43. The Bertz CT molecular complexity index is 2120. The molecule has 282 valence electrons. The lowest BCUT2D eigenvalue weighted by molar-refractivity contribution is -0.121. The van der Waals surface area contributed by atoms with Gasteiger partial charge in [0.05, 0.1) is 11.0 Å². The number of nitrogens with one attached hydrogen (secondary N) is 2. The van der Waals surface area contributed by atoms with Gasteiger partial charge >= 0.3 is 0 Å². The molecular formula is C38H51N4O8S2+. The van der Waals surface area contributed by atoms with Gasteiger partial charge in [-0.1, -0.05) is 25.3 Å². The number of unbranched alkanes of at least 4 members (excludes halogenated alkanes) is 5. The minimum atomic E-state index is -4.94. The van der Waals surface area contributed by atoms with Gasteiger partial charge in [-0.15, -0.1) is 0 Å². The Labute approximate surface area is 307 Å². The summed E-state index contributed by atoms with van der Waals surface area (Å²) in [6.45, 7) is 11.5. The molecule has 1 amide bonds. The lowest BCUT2D eigenvalue weighted by Crippen LogP contribution is -2.31. The van der Waals surface area contributed by atoms with Crippen molar-refractivity contribution in [2.24, 2.45) is 0 Å². The zero-order chi connectivity index (χ0) is 37.9. The molecule has 0 aromatic heterocycles. The van der Waals surface area contributed by atoms with Crippen LogP contribution in [0.3, 0.4) is 0 Å². The molecule has 0 saturated carbocycles. The zero-order valence-electron chi connectivity index (χ0n) is 30.5. The van der Waals surface area contributed by atoms with Gasteiger partial charge in [0.1, 0.15) is 35.6 Å². The van der Waals surface area contributed by atoms with Gasteiger partial charge in [0.25, 0.3) is 10.1 Å². The first-order valence-corrected chi connectivity index (χ1v) is 21.0. The second-order valence-corrected chi connectivity index (χ2v) is 15.7. The molecule has 1 heterocycles. The maximum atomic E-state index is 13.3. The van der Waals surface area contributed by atoms with Crippen LogP contribution in [0, 0.1) is 0 Å². The predicted molar refractivity (Wildman–Crippen MR) is 205 cm³/mol. The second-order valence-electron chi connectivity index (χ2n) is 12.5. The first kappa shape index (κ1) is 40.7. The van der Waals surface area contributed by atoms with Crippen LogP contribution in [0.15, 0.2) is 68.8 Å². The number of fused-ring (bicyclic) bond motifs is 2. The first-order valence-electron chi connectivity index (χ1n) is 18.0. The lowest BCUT2D eigenvalue weighted by Gasteiger charge is -2.22. The van der Waals surface area contributed by atoms with Crippen molar-refractivity contribution in [3.05, 3.63) is 60.0 Å². The molecule has 2 aliphatic rings. The van der Waals surface area contributed by atoms with E-state index in [4.69, 9.17) is 4.42 Å². The Morgan fingerprint density at radius 1 is 0.846 bits per heavy atom. The largest absolute Gasteiger partial charge is 0.456 e. The number of carbonyl (C=O) groups excluding carboxylic acids is 2. The molecule has 1 aliphatic heterocycles. The maximum Gasteiger partial charge on any atom is 0.295 e. The summed E-state index contributed by atoms with van der Waals surface area (Å²) >= 11 is 0. The van der Waals surface area contributed by atoms with Gasteiger partial charge in [0.2, 0.25) is 21.3 Å². The van der Waals surface area contributed by atoms with Crippen LogP contribution in [-0.4, -0.2) is 72.9 Å². The van der Waals surface area contributed by atoms with Gasteiger partial charge in [-0.3, -0.25) is 9.35 Å². The van der Waals surface area contributed by atoms with Crippen LogP contribution in [0.2, 0.25) is 0 Å². The fourth-order valence-electron chi connectivity index (χ4n) is 6.40. The smallest absolute Gasteiger partial charge is 0.295 e. The molecule has 12 nitrogen and oxygen atoms in total. The van der Waals surface area contributed by atoms with Crippen LogP contribution in [0.25, 0.3) is 33.4 Å². The van der Waals surface area contributed by atoms with Gasteiger partial charge in [-0.25, -0.2) is 17.7 Å². The minimum absolute atomic E-state index is 0.113. The third kappa shape index (κ3) is 10.1. The van der Waals surface area contributed by atoms with E-state index in [-0.39, 0.29) is 29.3 Å². The molecule has 0 bridgehead atoms. The van der Waals surface area contributed by atoms with Gasteiger partial charge in [-0.05, 0) is 70.9 Å². The van der Waals surface area contributed by atoms with Crippen LogP contribution in [0.5, 0.6) is 0 Å². The summed E-state index contributed by atoms with van der Waals surface area (Å²) in [7, 11) is -9.20. The van der Waals surface area contributed by atoms with E-state index < -0.39 is 25.0 Å². The number of benzene rings is 3. The van der Waals surface area contributed by atoms with E-state index in [1.807, 2.05) is 36.4 Å². The molecule has 0 saturated heterocycles. The van der Waals surface area contributed by atoms with Crippen LogP contribution in [0.4, 0.5) is 5.69 Å². The fraction of sp³-hybridized carbons (Fsp3) is 0.447. The van der Waals surface area contributed by atoms with Gasteiger partial charge in [-0.2, -0.15) is 8.42 Å². The highest BCUT2D eigenvalue weighted by atomic mass is 32.2. The number of sulfonamides is 1. The van der Waals surface area contributed by atoms with Crippen molar-refractivity contribution in [2.45, 2.75) is 82.4 Å². The Morgan fingerprint density at radius 3 is 2.21 bits per heavy atom. The highest BCUT2D eigenvalue weighted by Gasteiger charge is 2.27. The molecule has 0 atom stereocenters. The van der Waals surface area contributed by atoms with Crippen LogP contribution in [-0.2, 0) is 29.7 Å². The number of rotatable bonds is 20. The molecule has 0 spiro atoms. The van der Waals surface area contributed by atoms with E-state index in [0.29, 0.717) is 40.8 Å². The van der Waals surface area contributed by atoms with Crippen molar-refractivity contribution in [3.8, 4) is 22.5 Å². The molecule has 3 N–H and O–H groups in total. The van der Waals surface area contributed by atoms with Crippen molar-refractivity contribution in [1.82, 2.24) is 14.6 Å². The van der Waals surface area contributed by atoms with E-state index in [0.717, 1.165) is 81.7 Å². The van der Waals surface area contributed by atoms with Crippen molar-refractivity contribution in [3.63, 3.8) is 0 Å². The van der Waals surface area contributed by atoms with Crippen molar-refractivity contribution < 1.29 is 35.4 Å². The SMILES string of the molecule is CCN(CC)c1ccc2c(-c3ccc(S(=O)(=O)NCCC(=O)NCCCCCCCC=O)cc3S(=O)(=O)O)c3ccc(=[N+](CC)CC)cc-3oc2c1. The zero-order valence-corrected chi connectivity index (χ0v) is 32.1. The van der Waals surface area contributed by atoms with E-state index in [1.165, 1.54) is 12.1 Å². The molecule has 2 aromatic rings. The molecule has 52 heavy (non-hydrogen) atoms. The van der Waals surface area contributed by atoms with Crippen LogP contribution < -0.4 is 24.9 Å². The van der Waals surface area contributed by atoms with Crippen molar-refractivity contribution in [2.75, 3.05) is 44.2 Å². The van der Waals surface area contributed by atoms with E-state index in [9.17, 15) is 31.0 Å². The van der Waals surface area contributed by atoms with Gasteiger partial charge in [0, 0.05) is 78.9 Å². The summed E-state index contributed by atoms with van der Waals surface area (Å²) in [5.41, 5.74) is 2.58. The van der Waals surface area contributed by atoms with Crippen molar-refractivity contribution in [1.29, 1.82) is 0 Å². The number of aldehydes is 1.